The highest BCUT2D eigenvalue weighted by atomic mass is 35.5. The Morgan fingerprint density at radius 1 is 1.45 bits per heavy atom. The molecule has 118 valence electrons. The molecule has 1 aromatic heterocycles. The van der Waals surface area contributed by atoms with Gasteiger partial charge >= 0.3 is 6.18 Å². The maximum atomic E-state index is 12.6. The number of thioether (sulfide) groups is 1. The summed E-state index contributed by atoms with van der Waals surface area (Å²) < 4.78 is 37.9. The fourth-order valence-electron chi connectivity index (χ4n) is 1.50. The molecule has 0 fully saturated rings. The largest absolute Gasteiger partial charge is 0.416 e. The molecule has 0 unspecified atom stereocenters. The minimum atomic E-state index is -4.50. The smallest absolute Gasteiger partial charge is 0.324 e. The van der Waals surface area contributed by atoms with E-state index in [0.717, 1.165) is 30.0 Å². The molecule has 1 amide bonds. The molecule has 0 aliphatic carbocycles. The average Bonchev–Trinajstić information content (AvgIpc) is 2.83. The van der Waals surface area contributed by atoms with Crippen molar-refractivity contribution in [3.05, 3.63) is 34.6 Å². The number of H-pyrrole nitrogens is 1. The van der Waals surface area contributed by atoms with Gasteiger partial charge in [-0.25, -0.2) is 4.98 Å². The van der Waals surface area contributed by atoms with Crippen molar-refractivity contribution in [1.82, 2.24) is 15.2 Å². The molecule has 0 saturated heterocycles. The zero-order chi connectivity index (χ0) is 16.3. The van der Waals surface area contributed by atoms with Crippen LogP contribution in [-0.2, 0) is 11.0 Å². The van der Waals surface area contributed by atoms with E-state index < -0.39 is 17.6 Å². The molecule has 2 aromatic rings. The van der Waals surface area contributed by atoms with Gasteiger partial charge in [-0.05, 0) is 25.1 Å². The number of hydrogen-bond acceptors (Lipinski definition) is 4. The summed E-state index contributed by atoms with van der Waals surface area (Å²) in [7, 11) is 0. The lowest BCUT2D eigenvalue weighted by Gasteiger charge is -2.11. The van der Waals surface area contributed by atoms with Gasteiger partial charge in [-0.1, -0.05) is 23.4 Å². The number of aromatic nitrogens is 3. The van der Waals surface area contributed by atoms with Crippen molar-refractivity contribution in [2.45, 2.75) is 18.3 Å². The van der Waals surface area contributed by atoms with Crippen LogP contribution in [0.3, 0.4) is 0 Å². The monoisotopic (exact) mass is 350 g/mol. The Kier molecular flexibility index (Phi) is 4.97. The highest BCUT2D eigenvalue weighted by molar-refractivity contribution is 7.99. The predicted octanol–water partition coefficient (Wildman–Crippen LogP) is 3.52. The summed E-state index contributed by atoms with van der Waals surface area (Å²) >= 11 is 6.85. The zero-order valence-corrected chi connectivity index (χ0v) is 12.7. The van der Waals surface area contributed by atoms with E-state index in [4.69, 9.17) is 11.6 Å². The molecule has 0 aliphatic heterocycles. The highest BCUT2D eigenvalue weighted by Gasteiger charge is 2.31. The molecule has 0 radical (unpaired) electrons. The molecule has 0 bridgehead atoms. The first-order chi connectivity index (χ1) is 10.3. The van der Waals surface area contributed by atoms with Crippen LogP contribution in [0.2, 0.25) is 5.02 Å². The number of carbonyl (C=O) groups is 1. The predicted molar refractivity (Wildman–Crippen MR) is 76.9 cm³/mol. The first kappa shape index (κ1) is 16.6. The van der Waals surface area contributed by atoms with Crippen molar-refractivity contribution in [2.24, 2.45) is 0 Å². The number of benzene rings is 1. The maximum Gasteiger partial charge on any atom is 0.416 e. The molecule has 0 spiro atoms. The van der Waals surface area contributed by atoms with Crippen LogP contribution in [0, 0.1) is 6.92 Å². The lowest BCUT2D eigenvalue weighted by Crippen LogP contribution is -2.15. The van der Waals surface area contributed by atoms with Crippen LogP contribution < -0.4 is 5.32 Å². The number of alkyl halides is 3. The lowest BCUT2D eigenvalue weighted by molar-refractivity contribution is -0.137. The van der Waals surface area contributed by atoms with Gasteiger partial charge < -0.3 is 5.32 Å². The number of amides is 1. The third kappa shape index (κ3) is 4.38. The molecule has 10 heteroatoms. The minimum absolute atomic E-state index is 0.0279. The molecule has 0 atom stereocenters. The first-order valence-corrected chi connectivity index (χ1v) is 7.30. The van der Waals surface area contributed by atoms with Crippen molar-refractivity contribution < 1.29 is 18.0 Å². The number of halogens is 4. The van der Waals surface area contributed by atoms with Gasteiger partial charge in [0.1, 0.15) is 5.82 Å². The summed E-state index contributed by atoms with van der Waals surface area (Å²) in [5, 5.41) is 9.19. The van der Waals surface area contributed by atoms with Gasteiger partial charge in [0.05, 0.1) is 22.0 Å². The molecule has 2 N–H and O–H groups in total. The highest BCUT2D eigenvalue weighted by Crippen LogP contribution is 2.33. The molecular weight excluding hydrogens is 341 g/mol. The second-order valence-electron chi connectivity index (χ2n) is 4.23. The van der Waals surface area contributed by atoms with Gasteiger partial charge in [0, 0.05) is 0 Å². The van der Waals surface area contributed by atoms with Crippen molar-refractivity contribution in [3.63, 3.8) is 0 Å². The Morgan fingerprint density at radius 2 is 2.18 bits per heavy atom. The summed E-state index contributed by atoms with van der Waals surface area (Å²) in [5.74, 6) is 0.0432. The summed E-state index contributed by atoms with van der Waals surface area (Å²) in [4.78, 5) is 15.8. The first-order valence-electron chi connectivity index (χ1n) is 5.94. The standard InChI is InChI=1S/C12H10ClF3N4OS/c1-6-17-11(20-19-6)22-5-10(21)18-9-4-7(12(14,15)16)2-3-8(9)13/h2-4H,5H2,1H3,(H,18,21)(H,17,19,20). The molecule has 2 rings (SSSR count). The molecular formula is C12H10ClF3N4OS. The van der Waals surface area contributed by atoms with Crippen molar-refractivity contribution in [3.8, 4) is 0 Å². The number of hydrogen-bond donors (Lipinski definition) is 2. The number of anilines is 1. The van der Waals surface area contributed by atoms with Gasteiger partial charge in [-0.15, -0.1) is 5.10 Å². The zero-order valence-electron chi connectivity index (χ0n) is 11.2. The van der Waals surface area contributed by atoms with Gasteiger partial charge in [0.2, 0.25) is 11.1 Å². The Hall–Kier alpha value is -1.74. The molecule has 1 aromatic carbocycles. The Balaban J connectivity index is 2.01. The lowest BCUT2D eigenvalue weighted by atomic mass is 10.2. The van der Waals surface area contributed by atoms with Crippen LogP contribution in [0.5, 0.6) is 0 Å². The van der Waals surface area contributed by atoms with E-state index in [9.17, 15) is 18.0 Å². The van der Waals surface area contributed by atoms with Crippen LogP contribution in [-0.4, -0.2) is 26.8 Å². The number of rotatable bonds is 4. The number of nitrogens with zero attached hydrogens (tertiary/aromatic N) is 2. The van der Waals surface area contributed by atoms with Crippen molar-refractivity contribution >= 4 is 35.0 Å². The quantitative estimate of drug-likeness (QED) is 0.828. The van der Waals surface area contributed by atoms with Crippen LogP contribution in [0.25, 0.3) is 0 Å². The second kappa shape index (κ2) is 6.57. The third-order valence-electron chi connectivity index (χ3n) is 2.48. The Labute approximate surface area is 132 Å². The molecule has 5 nitrogen and oxygen atoms in total. The van der Waals surface area contributed by atoms with E-state index in [-0.39, 0.29) is 16.5 Å². The average molecular weight is 351 g/mol. The van der Waals surface area contributed by atoms with E-state index in [1.165, 1.54) is 0 Å². The topological polar surface area (TPSA) is 70.7 Å². The minimum Gasteiger partial charge on any atom is -0.324 e. The number of aromatic amines is 1. The summed E-state index contributed by atoms with van der Waals surface area (Å²) in [6, 6.07) is 2.73. The summed E-state index contributed by atoms with van der Waals surface area (Å²) in [6.07, 6.45) is -4.50. The van der Waals surface area contributed by atoms with Crippen LogP contribution >= 0.6 is 23.4 Å². The number of carbonyl (C=O) groups excluding carboxylic acids is 1. The maximum absolute atomic E-state index is 12.6. The number of aryl methyl sites for hydroxylation is 1. The molecule has 0 aliphatic rings. The van der Waals surface area contributed by atoms with Crippen LogP contribution in [0.15, 0.2) is 23.4 Å². The van der Waals surface area contributed by atoms with Crippen LogP contribution in [0.4, 0.5) is 18.9 Å². The summed E-state index contributed by atoms with van der Waals surface area (Å²) in [5.41, 5.74) is -0.974. The SMILES string of the molecule is Cc1nc(SCC(=O)Nc2cc(C(F)(F)F)ccc2Cl)n[nH]1. The fraction of sp³-hybridized carbons (Fsp3) is 0.250. The van der Waals surface area contributed by atoms with E-state index >= 15 is 0 Å². The summed E-state index contributed by atoms with van der Waals surface area (Å²) in [6.45, 7) is 1.71. The fourth-order valence-corrected chi connectivity index (χ4v) is 2.31. The van der Waals surface area contributed by atoms with Gasteiger partial charge in [0.15, 0.2) is 0 Å². The van der Waals surface area contributed by atoms with Crippen molar-refractivity contribution in [2.75, 3.05) is 11.1 Å². The van der Waals surface area contributed by atoms with E-state index in [2.05, 4.69) is 20.5 Å². The molecule has 1 heterocycles. The third-order valence-corrected chi connectivity index (χ3v) is 3.65. The van der Waals surface area contributed by atoms with E-state index in [1.807, 2.05) is 0 Å². The molecule has 0 saturated carbocycles. The van der Waals surface area contributed by atoms with Crippen LogP contribution in [0.1, 0.15) is 11.4 Å². The molecule has 22 heavy (non-hydrogen) atoms. The Morgan fingerprint density at radius 3 is 2.77 bits per heavy atom. The van der Waals surface area contributed by atoms with Crippen molar-refractivity contribution in [1.29, 1.82) is 0 Å². The van der Waals surface area contributed by atoms with E-state index in [1.54, 1.807) is 6.92 Å². The Bertz CT molecular complexity index is 689. The normalized spacial score (nSPS) is 11.5. The number of nitrogens with one attached hydrogen (secondary N) is 2. The van der Waals surface area contributed by atoms with E-state index in [0.29, 0.717) is 11.0 Å². The second-order valence-corrected chi connectivity index (χ2v) is 5.58. The van der Waals surface area contributed by atoms with Gasteiger partial charge in [-0.3, -0.25) is 9.89 Å². The van der Waals surface area contributed by atoms with Gasteiger partial charge in [0.25, 0.3) is 0 Å². The van der Waals surface area contributed by atoms with Gasteiger partial charge in [-0.2, -0.15) is 13.2 Å².